The molecule has 0 amide bonds. The van der Waals surface area contributed by atoms with E-state index in [9.17, 15) is 9.90 Å². The molecule has 0 bridgehead atoms. The third kappa shape index (κ3) is 2.63. The fraction of sp³-hybridized carbons (Fsp3) is 0.923. The highest BCUT2D eigenvalue weighted by Crippen LogP contribution is 2.40. The van der Waals surface area contributed by atoms with E-state index < -0.39 is 5.97 Å². The maximum absolute atomic E-state index is 11.2. The van der Waals surface area contributed by atoms with Crippen LogP contribution in [0.5, 0.6) is 0 Å². The van der Waals surface area contributed by atoms with Gasteiger partial charge in [0.15, 0.2) is 0 Å². The number of hydrogen-bond acceptors (Lipinski definition) is 3. The number of ether oxygens (including phenoxy) is 1. The van der Waals surface area contributed by atoms with Gasteiger partial charge in [-0.3, -0.25) is 9.69 Å². The van der Waals surface area contributed by atoms with Gasteiger partial charge in [0.1, 0.15) is 0 Å². The summed E-state index contributed by atoms with van der Waals surface area (Å²) in [5.74, 6) is -1.08. The Morgan fingerprint density at radius 3 is 2.65 bits per heavy atom. The molecule has 2 aliphatic rings. The van der Waals surface area contributed by atoms with Crippen LogP contribution in [0.2, 0.25) is 0 Å². The van der Waals surface area contributed by atoms with Gasteiger partial charge in [0, 0.05) is 12.1 Å². The summed E-state index contributed by atoms with van der Waals surface area (Å²) in [6, 6.07) is 0.560. The largest absolute Gasteiger partial charge is 0.481 e. The third-order valence-electron chi connectivity index (χ3n) is 4.41. The average Bonchev–Trinajstić information content (AvgIpc) is 2.82. The Balaban J connectivity index is 2.00. The van der Waals surface area contributed by atoms with Gasteiger partial charge in [0.05, 0.1) is 19.1 Å². The van der Waals surface area contributed by atoms with Crippen molar-refractivity contribution in [1.29, 1.82) is 0 Å². The molecule has 98 valence electrons. The van der Waals surface area contributed by atoms with Crippen molar-refractivity contribution in [2.45, 2.75) is 45.2 Å². The number of likely N-dealkylation sites (N-methyl/N-ethyl adjacent to an activating group) is 1. The Labute approximate surface area is 103 Å². The average molecular weight is 241 g/mol. The fourth-order valence-corrected chi connectivity index (χ4v) is 3.20. The molecule has 0 aromatic rings. The van der Waals surface area contributed by atoms with E-state index in [2.05, 4.69) is 25.8 Å². The fourth-order valence-electron chi connectivity index (χ4n) is 3.20. The summed E-state index contributed by atoms with van der Waals surface area (Å²) >= 11 is 0. The van der Waals surface area contributed by atoms with Gasteiger partial charge in [0.2, 0.25) is 0 Å². The molecule has 2 rings (SSSR count). The van der Waals surface area contributed by atoms with E-state index in [-0.39, 0.29) is 12.0 Å². The molecule has 1 saturated carbocycles. The van der Waals surface area contributed by atoms with E-state index in [1.165, 1.54) is 12.8 Å². The molecular formula is C13H23NO3. The van der Waals surface area contributed by atoms with Crippen LogP contribution in [0.3, 0.4) is 0 Å². The molecule has 17 heavy (non-hydrogen) atoms. The molecule has 3 unspecified atom stereocenters. The first-order valence-electron chi connectivity index (χ1n) is 6.43. The van der Waals surface area contributed by atoms with Crippen LogP contribution in [0, 0.1) is 11.3 Å². The van der Waals surface area contributed by atoms with Gasteiger partial charge in [0.25, 0.3) is 0 Å². The van der Waals surface area contributed by atoms with Crippen molar-refractivity contribution in [3.8, 4) is 0 Å². The van der Waals surface area contributed by atoms with Crippen molar-refractivity contribution in [3.05, 3.63) is 0 Å². The zero-order valence-corrected chi connectivity index (χ0v) is 11.0. The first kappa shape index (κ1) is 12.8. The Hall–Kier alpha value is -0.610. The van der Waals surface area contributed by atoms with Gasteiger partial charge in [-0.1, -0.05) is 13.8 Å². The SMILES string of the molecule is CN(C1CCC(C)(C)C1)C1COCC1C(=O)O. The van der Waals surface area contributed by atoms with E-state index >= 15 is 0 Å². The number of carboxylic acids is 1. The Morgan fingerprint density at radius 1 is 1.41 bits per heavy atom. The summed E-state index contributed by atoms with van der Waals surface area (Å²) < 4.78 is 5.34. The summed E-state index contributed by atoms with van der Waals surface area (Å²) in [7, 11) is 2.06. The first-order valence-corrected chi connectivity index (χ1v) is 6.43. The lowest BCUT2D eigenvalue weighted by Gasteiger charge is -2.32. The van der Waals surface area contributed by atoms with Crippen molar-refractivity contribution < 1.29 is 14.6 Å². The first-order chi connectivity index (χ1) is 7.91. The van der Waals surface area contributed by atoms with Crippen LogP contribution in [-0.2, 0) is 9.53 Å². The second-order valence-corrected chi connectivity index (χ2v) is 6.28. The standard InChI is InChI=1S/C13H23NO3/c1-13(2)5-4-9(6-13)14(3)11-8-17-7-10(11)12(15)16/h9-11H,4-8H2,1-3H3,(H,15,16). The summed E-state index contributed by atoms with van der Waals surface area (Å²) in [5.41, 5.74) is 0.400. The Bertz CT molecular complexity index is 303. The van der Waals surface area contributed by atoms with Crippen LogP contribution in [-0.4, -0.2) is 48.3 Å². The number of nitrogens with zero attached hydrogens (tertiary/aromatic N) is 1. The predicted octanol–water partition coefficient (Wildman–Crippen LogP) is 1.60. The zero-order chi connectivity index (χ0) is 12.6. The number of aliphatic carboxylic acids is 1. The molecule has 0 radical (unpaired) electrons. The van der Waals surface area contributed by atoms with E-state index in [4.69, 9.17) is 4.74 Å². The summed E-state index contributed by atoms with van der Waals surface area (Å²) in [4.78, 5) is 13.4. The Kier molecular flexibility index (Phi) is 3.46. The highest BCUT2D eigenvalue weighted by molar-refractivity contribution is 5.71. The van der Waals surface area contributed by atoms with Crippen LogP contribution in [0.15, 0.2) is 0 Å². The van der Waals surface area contributed by atoms with Gasteiger partial charge in [-0.15, -0.1) is 0 Å². The third-order valence-corrected chi connectivity index (χ3v) is 4.41. The van der Waals surface area contributed by atoms with Crippen molar-refractivity contribution in [2.75, 3.05) is 20.3 Å². The molecule has 0 spiro atoms. The minimum absolute atomic E-state index is 0.0476. The topological polar surface area (TPSA) is 49.8 Å². The maximum atomic E-state index is 11.2. The molecule has 2 fully saturated rings. The number of carboxylic acid groups (broad SMARTS) is 1. The van der Waals surface area contributed by atoms with E-state index in [0.29, 0.717) is 24.7 Å². The lowest BCUT2D eigenvalue weighted by atomic mass is 9.91. The summed E-state index contributed by atoms with van der Waals surface area (Å²) in [6.07, 6.45) is 3.56. The van der Waals surface area contributed by atoms with Crippen LogP contribution in [0.1, 0.15) is 33.1 Å². The number of carbonyl (C=O) groups is 1. The molecule has 1 N–H and O–H groups in total. The van der Waals surface area contributed by atoms with Gasteiger partial charge >= 0.3 is 5.97 Å². The molecule has 0 aromatic carbocycles. The van der Waals surface area contributed by atoms with Crippen LogP contribution in [0.25, 0.3) is 0 Å². The number of hydrogen-bond donors (Lipinski definition) is 1. The lowest BCUT2D eigenvalue weighted by Crippen LogP contribution is -2.45. The van der Waals surface area contributed by atoms with Crippen LogP contribution >= 0.6 is 0 Å². The minimum atomic E-state index is -0.725. The predicted molar refractivity (Wildman–Crippen MR) is 64.9 cm³/mol. The highest BCUT2D eigenvalue weighted by Gasteiger charge is 2.42. The summed E-state index contributed by atoms with van der Waals surface area (Å²) in [6.45, 7) is 5.51. The quantitative estimate of drug-likeness (QED) is 0.815. The molecule has 0 aromatic heterocycles. The van der Waals surface area contributed by atoms with Gasteiger partial charge in [-0.25, -0.2) is 0 Å². The van der Waals surface area contributed by atoms with Crippen molar-refractivity contribution in [2.24, 2.45) is 11.3 Å². The van der Waals surface area contributed by atoms with Crippen molar-refractivity contribution >= 4 is 5.97 Å². The normalized spacial score (nSPS) is 36.6. The Morgan fingerprint density at radius 2 is 2.12 bits per heavy atom. The smallest absolute Gasteiger partial charge is 0.310 e. The van der Waals surface area contributed by atoms with Crippen molar-refractivity contribution in [3.63, 3.8) is 0 Å². The molecule has 3 atom stereocenters. The highest BCUT2D eigenvalue weighted by atomic mass is 16.5. The lowest BCUT2D eigenvalue weighted by molar-refractivity contribution is -0.143. The van der Waals surface area contributed by atoms with Gasteiger partial charge < -0.3 is 9.84 Å². The van der Waals surface area contributed by atoms with E-state index in [1.54, 1.807) is 0 Å². The van der Waals surface area contributed by atoms with Gasteiger partial charge in [-0.05, 0) is 31.7 Å². The molecule has 1 saturated heterocycles. The molecule has 1 aliphatic carbocycles. The molecular weight excluding hydrogens is 218 g/mol. The van der Waals surface area contributed by atoms with Crippen LogP contribution in [0.4, 0.5) is 0 Å². The molecule has 1 aliphatic heterocycles. The minimum Gasteiger partial charge on any atom is -0.481 e. The number of rotatable bonds is 3. The second-order valence-electron chi connectivity index (χ2n) is 6.28. The monoisotopic (exact) mass is 241 g/mol. The second kappa shape index (κ2) is 4.58. The van der Waals surface area contributed by atoms with E-state index in [1.807, 2.05) is 0 Å². The summed E-state index contributed by atoms with van der Waals surface area (Å²) in [5, 5.41) is 9.17. The van der Waals surface area contributed by atoms with Gasteiger partial charge in [-0.2, -0.15) is 0 Å². The molecule has 1 heterocycles. The zero-order valence-electron chi connectivity index (χ0n) is 11.0. The van der Waals surface area contributed by atoms with E-state index in [0.717, 1.165) is 6.42 Å². The molecule has 4 heteroatoms. The van der Waals surface area contributed by atoms with Crippen molar-refractivity contribution in [1.82, 2.24) is 4.90 Å². The maximum Gasteiger partial charge on any atom is 0.310 e. The van der Waals surface area contributed by atoms with Crippen LogP contribution < -0.4 is 0 Å². The molecule has 4 nitrogen and oxygen atoms in total.